The van der Waals surface area contributed by atoms with Gasteiger partial charge in [0.05, 0.1) is 16.8 Å². The minimum atomic E-state index is -0.416. The van der Waals surface area contributed by atoms with E-state index < -0.39 is 5.41 Å². The van der Waals surface area contributed by atoms with Gasteiger partial charge >= 0.3 is 0 Å². The minimum absolute atomic E-state index is 0.416. The topological polar surface area (TPSA) is 6.48 Å². The summed E-state index contributed by atoms with van der Waals surface area (Å²) in [7, 11) is 0. The fraction of sp³-hybridized carbons (Fsp3) is 0.0159. The molecule has 0 fully saturated rings. The van der Waals surface area contributed by atoms with Crippen molar-refractivity contribution < 1.29 is 0 Å². The molecular formula is C63H40N2. The van der Waals surface area contributed by atoms with E-state index >= 15 is 0 Å². The Labute approximate surface area is 378 Å². The van der Waals surface area contributed by atoms with Crippen LogP contribution in [0.5, 0.6) is 0 Å². The summed E-state index contributed by atoms with van der Waals surface area (Å²) < 4.78 is 0. The fourth-order valence-corrected chi connectivity index (χ4v) is 11.7. The van der Waals surface area contributed by atoms with Crippen LogP contribution in [0.15, 0.2) is 243 Å². The lowest BCUT2D eigenvalue weighted by Gasteiger charge is -2.34. The largest absolute Gasteiger partial charge is 0.310 e. The molecule has 0 amide bonds. The van der Waals surface area contributed by atoms with Crippen molar-refractivity contribution in [3.63, 3.8) is 0 Å². The van der Waals surface area contributed by atoms with Crippen LogP contribution < -0.4 is 9.80 Å². The molecule has 2 nitrogen and oxygen atoms in total. The first kappa shape index (κ1) is 36.1. The maximum atomic E-state index is 2.49. The van der Waals surface area contributed by atoms with Gasteiger partial charge < -0.3 is 9.80 Å². The van der Waals surface area contributed by atoms with Crippen LogP contribution in [-0.2, 0) is 5.41 Å². The maximum absolute atomic E-state index is 2.49. The third kappa shape index (κ3) is 5.05. The molecule has 1 spiro atoms. The van der Waals surface area contributed by atoms with Crippen molar-refractivity contribution in [2.24, 2.45) is 0 Å². The van der Waals surface area contributed by atoms with Crippen LogP contribution in [0.1, 0.15) is 22.3 Å². The average Bonchev–Trinajstić information content (AvgIpc) is 3.84. The first-order valence-electron chi connectivity index (χ1n) is 22.6. The number of benzene rings is 11. The normalized spacial score (nSPS) is 13.3. The molecule has 14 rings (SSSR count). The van der Waals surface area contributed by atoms with Gasteiger partial charge in [-0.05, 0) is 127 Å². The van der Waals surface area contributed by atoms with Crippen LogP contribution in [0, 0.1) is 0 Å². The lowest BCUT2D eigenvalue weighted by atomic mass is 9.70. The van der Waals surface area contributed by atoms with Crippen molar-refractivity contribution >= 4 is 55.7 Å². The highest BCUT2D eigenvalue weighted by Gasteiger charge is 2.51. The van der Waals surface area contributed by atoms with Gasteiger partial charge in [0, 0.05) is 39.1 Å². The summed E-state index contributed by atoms with van der Waals surface area (Å²) in [5.41, 5.74) is 22.0. The Morgan fingerprint density at radius 2 is 0.877 bits per heavy atom. The minimum Gasteiger partial charge on any atom is -0.310 e. The molecule has 3 aliphatic rings. The Balaban J connectivity index is 0.899. The summed E-state index contributed by atoms with van der Waals surface area (Å²) in [6, 6.07) is 90.0. The van der Waals surface area contributed by atoms with E-state index in [0.29, 0.717) is 0 Å². The van der Waals surface area contributed by atoms with E-state index in [2.05, 4.69) is 252 Å². The molecule has 2 aliphatic carbocycles. The summed E-state index contributed by atoms with van der Waals surface area (Å²) in [5.74, 6) is 0. The van der Waals surface area contributed by atoms with Gasteiger partial charge in [-0.15, -0.1) is 0 Å². The lowest BCUT2D eigenvalue weighted by Crippen LogP contribution is -2.26. The second-order valence-electron chi connectivity index (χ2n) is 17.6. The summed E-state index contributed by atoms with van der Waals surface area (Å²) in [5, 5.41) is 5.02. The van der Waals surface area contributed by atoms with Crippen LogP contribution in [0.25, 0.3) is 66.1 Å². The lowest BCUT2D eigenvalue weighted by molar-refractivity contribution is 0.793. The summed E-state index contributed by atoms with van der Waals surface area (Å²) >= 11 is 0. The molecule has 0 radical (unpaired) electrons. The smallest absolute Gasteiger partial charge is 0.0726 e. The number of nitrogens with zero attached hydrogens (tertiary/aromatic N) is 2. The molecule has 11 aromatic rings. The molecule has 11 aromatic carbocycles. The SMILES string of the molecule is c1ccc(N(c2ccc(-c3cccc(N4c5c(ccc6ccccc56)-c5cccc6cccc4c56)c3)cc2)c2ccc3c(c2)C2(c4ccccc4-c4ccccc42)c2ccccc2-3)cc1. The van der Waals surface area contributed by atoms with E-state index in [4.69, 9.17) is 0 Å². The number of para-hydroxylation sites is 1. The van der Waals surface area contributed by atoms with Crippen molar-refractivity contribution in [2.75, 3.05) is 9.80 Å². The molecule has 302 valence electrons. The fourth-order valence-electron chi connectivity index (χ4n) is 11.7. The number of anilines is 6. The van der Waals surface area contributed by atoms with E-state index in [-0.39, 0.29) is 0 Å². The van der Waals surface area contributed by atoms with E-state index in [9.17, 15) is 0 Å². The van der Waals surface area contributed by atoms with Crippen molar-refractivity contribution in [3.05, 3.63) is 265 Å². The Kier molecular flexibility index (Phi) is 7.64. The van der Waals surface area contributed by atoms with E-state index in [0.717, 1.165) is 22.7 Å². The van der Waals surface area contributed by atoms with Gasteiger partial charge in [-0.1, -0.05) is 188 Å². The Morgan fingerprint density at radius 3 is 1.62 bits per heavy atom. The predicted molar refractivity (Wildman–Crippen MR) is 272 cm³/mol. The molecule has 0 atom stereocenters. The highest BCUT2D eigenvalue weighted by atomic mass is 15.2. The van der Waals surface area contributed by atoms with Gasteiger partial charge in [-0.25, -0.2) is 0 Å². The van der Waals surface area contributed by atoms with Crippen LogP contribution in [0.4, 0.5) is 34.1 Å². The summed E-state index contributed by atoms with van der Waals surface area (Å²) in [6.07, 6.45) is 0. The van der Waals surface area contributed by atoms with Crippen LogP contribution in [0.2, 0.25) is 0 Å². The zero-order valence-electron chi connectivity index (χ0n) is 35.5. The van der Waals surface area contributed by atoms with Crippen molar-refractivity contribution in [1.29, 1.82) is 0 Å². The molecule has 0 saturated heterocycles. The van der Waals surface area contributed by atoms with Gasteiger partial charge in [0.2, 0.25) is 0 Å². The van der Waals surface area contributed by atoms with E-state index in [1.807, 2.05) is 0 Å². The zero-order valence-corrected chi connectivity index (χ0v) is 35.5. The van der Waals surface area contributed by atoms with Gasteiger partial charge in [-0.3, -0.25) is 0 Å². The summed E-state index contributed by atoms with van der Waals surface area (Å²) in [6.45, 7) is 0. The molecule has 0 unspecified atom stereocenters. The standard InChI is InChI=1S/C63H40N2/c1-2-19-45(20-3-1)64(48-36-38-53-52-25-8-11-29-58(52)63(59(53)40-48)56-27-9-6-23-50(56)51-24-7-10-28-57(51)63)46-34-31-41(32-35-46)44-18-12-21-47(39-44)65-60-30-14-17-43-16-13-26-54(61(43)60)55-37-33-42-15-4-5-22-49(42)62(55)65/h1-40H. The summed E-state index contributed by atoms with van der Waals surface area (Å²) in [4.78, 5) is 4.90. The monoisotopic (exact) mass is 824 g/mol. The highest BCUT2D eigenvalue weighted by molar-refractivity contribution is 6.19. The number of fused-ring (bicyclic) bond motifs is 14. The van der Waals surface area contributed by atoms with Gasteiger partial charge in [0.1, 0.15) is 0 Å². The predicted octanol–water partition coefficient (Wildman–Crippen LogP) is 16.9. The van der Waals surface area contributed by atoms with Crippen molar-refractivity contribution in [1.82, 2.24) is 0 Å². The Bertz CT molecular complexity index is 3660. The molecule has 65 heavy (non-hydrogen) atoms. The second-order valence-corrected chi connectivity index (χ2v) is 17.6. The molecule has 0 saturated carbocycles. The quantitative estimate of drug-likeness (QED) is 0.171. The third-order valence-corrected chi connectivity index (χ3v) is 14.4. The van der Waals surface area contributed by atoms with Gasteiger partial charge in [0.25, 0.3) is 0 Å². The van der Waals surface area contributed by atoms with Crippen LogP contribution in [0.3, 0.4) is 0 Å². The van der Waals surface area contributed by atoms with Crippen LogP contribution in [-0.4, -0.2) is 0 Å². The molecular weight excluding hydrogens is 785 g/mol. The highest BCUT2D eigenvalue weighted by Crippen LogP contribution is 2.63. The Morgan fingerprint density at radius 1 is 0.323 bits per heavy atom. The third-order valence-electron chi connectivity index (χ3n) is 14.4. The number of hydrogen-bond acceptors (Lipinski definition) is 2. The van der Waals surface area contributed by atoms with Crippen molar-refractivity contribution in [2.45, 2.75) is 5.41 Å². The van der Waals surface area contributed by atoms with Crippen molar-refractivity contribution in [3.8, 4) is 44.5 Å². The second kappa shape index (κ2) is 13.8. The van der Waals surface area contributed by atoms with Gasteiger partial charge in [-0.2, -0.15) is 0 Å². The molecule has 1 aliphatic heterocycles. The van der Waals surface area contributed by atoms with Crippen LogP contribution >= 0.6 is 0 Å². The Hall–Kier alpha value is -8.46. The van der Waals surface area contributed by atoms with Gasteiger partial charge in [0.15, 0.2) is 0 Å². The number of rotatable bonds is 5. The number of hydrogen-bond donors (Lipinski definition) is 0. The molecule has 0 bridgehead atoms. The van der Waals surface area contributed by atoms with E-state index in [1.54, 1.807) is 0 Å². The maximum Gasteiger partial charge on any atom is 0.0726 e. The molecule has 2 heteroatoms. The zero-order chi connectivity index (χ0) is 42.6. The molecule has 0 N–H and O–H groups in total. The first-order chi connectivity index (χ1) is 32.3. The average molecular weight is 825 g/mol. The molecule has 0 aromatic heterocycles. The molecule has 1 heterocycles. The first-order valence-corrected chi connectivity index (χ1v) is 22.6. The van der Waals surface area contributed by atoms with E-state index in [1.165, 1.54) is 99.7 Å².